The van der Waals surface area contributed by atoms with Gasteiger partial charge in [0.05, 0.1) is 4.92 Å². The fourth-order valence-corrected chi connectivity index (χ4v) is 1.44. The predicted molar refractivity (Wildman–Crippen MR) is 63.6 cm³/mol. The summed E-state index contributed by atoms with van der Waals surface area (Å²) in [6, 6.07) is 8.32. The summed E-state index contributed by atoms with van der Waals surface area (Å²) < 4.78 is 1.71. The van der Waals surface area contributed by atoms with E-state index in [0.717, 1.165) is 11.4 Å². The molecule has 0 bridgehead atoms. The molecule has 6 heteroatoms. The predicted octanol–water partition coefficient (Wildman–Crippen LogP) is 1.94. The highest BCUT2D eigenvalue weighted by Crippen LogP contribution is 2.13. The van der Waals surface area contributed by atoms with E-state index in [1.54, 1.807) is 16.8 Å². The number of aromatic nitrogens is 2. The van der Waals surface area contributed by atoms with Crippen molar-refractivity contribution in [3.05, 3.63) is 52.2 Å². The Hall–Kier alpha value is -2.37. The number of nitro groups is 1. The third-order valence-electron chi connectivity index (χ3n) is 2.33. The number of nitro benzene ring substituents is 1. The van der Waals surface area contributed by atoms with Crippen LogP contribution < -0.4 is 5.32 Å². The van der Waals surface area contributed by atoms with Gasteiger partial charge in [0.15, 0.2) is 0 Å². The maximum atomic E-state index is 10.5. The van der Waals surface area contributed by atoms with Crippen molar-refractivity contribution in [2.75, 3.05) is 5.32 Å². The SMILES string of the molecule is Cn1ccc(NCc2ccc([N+](=O)[O-])cc2)n1. The molecule has 1 aromatic carbocycles. The number of benzene rings is 1. The van der Waals surface area contributed by atoms with Crippen LogP contribution in [0, 0.1) is 10.1 Å². The van der Waals surface area contributed by atoms with Crippen LogP contribution in [-0.2, 0) is 13.6 Å². The van der Waals surface area contributed by atoms with Gasteiger partial charge in [-0.15, -0.1) is 0 Å². The first-order valence-corrected chi connectivity index (χ1v) is 5.12. The fraction of sp³-hybridized carbons (Fsp3) is 0.182. The van der Waals surface area contributed by atoms with Gasteiger partial charge in [-0.05, 0) is 5.56 Å². The minimum atomic E-state index is -0.407. The summed E-state index contributed by atoms with van der Waals surface area (Å²) in [6.45, 7) is 0.592. The third kappa shape index (κ3) is 2.81. The third-order valence-corrected chi connectivity index (χ3v) is 2.33. The molecule has 17 heavy (non-hydrogen) atoms. The number of hydrogen-bond acceptors (Lipinski definition) is 4. The summed E-state index contributed by atoms with van der Waals surface area (Å²) >= 11 is 0. The second kappa shape index (κ2) is 4.65. The molecule has 1 N–H and O–H groups in total. The lowest BCUT2D eigenvalue weighted by Crippen LogP contribution is -2.01. The monoisotopic (exact) mass is 232 g/mol. The molecule has 0 unspecified atom stereocenters. The lowest BCUT2D eigenvalue weighted by Gasteiger charge is -2.02. The minimum Gasteiger partial charge on any atom is -0.365 e. The number of nitrogens with one attached hydrogen (secondary N) is 1. The number of nitrogens with zero attached hydrogens (tertiary/aromatic N) is 3. The first kappa shape index (κ1) is 11.1. The van der Waals surface area contributed by atoms with Crippen molar-refractivity contribution in [1.82, 2.24) is 9.78 Å². The average Bonchev–Trinajstić information content (AvgIpc) is 2.73. The molecule has 0 saturated carbocycles. The maximum absolute atomic E-state index is 10.5. The van der Waals surface area contributed by atoms with Crippen molar-refractivity contribution in [1.29, 1.82) is 0 Å². The molecule has 0 aliphatic heterocycles. The summed E-state index contributed by atoms with van der Waals surface area (Å²) in [5.74, 6) is 0.783. The Bertz CT molecular complexity index is 519. The van der Waals surface area contributed by atoms with Crippen molar-refractivity contribution in [2.24, 2.45) is 7.05 Å². The first-order valence-electron chi connectivity index (χ1n) is 5.12. The van der Waals surface area contributed by atoms with Gasteiger partial charge in [-0.1, -0.05) is 12.1 Å². The lowest BCUT2D eigenvalue weighted by molar-refractivity contribution is -0.384. The second-order valence-corrected chi connectivity index (χ2v) is 3.65. The minimum absolute atomic E-state index is 0.103. The Balaban J connectivity index is 1.97. The van der Waals surface area contributed by atoms with Gasteiger partial charge in [-0.2, -0.15) is 5.10 Å². The molecule has 88 valence electrons. The second-order valence-electron chi connectivity index (χ2n) is 3.65. The molecule has 2 aromatic rings. The van der Waals surface area contributed by atoms with Crippen molar-refractivity contribution < 1.29 is 4.92 Å². The van der Waals surface area contributed by atoms with E-state index in [2.05, 4.69) is 10.4 Å². The van der Waals surface area contributed by atoms with E-state index in [4.69, 9.17) is 0 Å². The Labute approximate surface area is 98.0 Å². The van der Waals surface area contributed by atoms with E-state index in [-0.39, 0.29) is 5.69 Å². The summed E-state index contributed by atoms with van der Waals surface area (Å²) in [4.78, 5) is 10.1. The highest BCUT2D eigenvalue weighted by Gasteiger charge is 2.03. The molecule has 2 rings (SSSR count). The molecule has 1 heterocycles. The number of anilines is 1. The van der Waals surface area contributed by atoms with E-state index in [0.29, 0.717) is 6.54 Å². The van der Waals surface area contributed by atoms with Crippen molar-refractivity contribution in [3.8, 4) is 0 Å². The molecule has 0 atom stereocenters. The quantitative estimate of drug-likeness (QED) is 0.645. The highest BCUT2D eigenvalue weighted by atomic mass is 16.6. The molecule has 0 aliphatic rings. The van der Waals surface area contributed by atoms with Gasteiger partial charge in [0, 0.05) is 38.0 Å². The molecular weight excluding hydrogens is 220 g/mol. The van der Waals surface area contributed by atoms with Gasteiger partial charge in [-0.25, -0.2) is 0 Å². The summed E-state index contributed by atoms with van der Waals surface area (Å²) in [5, 5.41) is 17.8. The zero-order chi connectivity index (χ0) is 12.3. The van der Waals surface area contributed by atoms with Crippen LogP contribution in [0.2, 0.25) is 0 Å². The summed E-state index contributed by atoms with van der Waals surface area (Å²) in [5.41, 5.74) is 1.08. The Morgan fingerprint density at radius 2 is 2.06 bits per heavy atom. The van der Waals surface area contributed by atoms with Crippen LogP contribution >= 0.6 is 0 Å². The largest absolute Gasteiger partial charge is 0.365 e. The van der Waals surface area contributed by atoms with Gasteiger partial charge < -0.3 is 5.32 Å². The van der Waals surface area contributed by atoms with Crippen LogP contribution in [0.3, 0.4) is 0 Å². The highest BCUT2D eigenvalue weighted by molar-refractivity contribution is 5.37. The van der Waals surface area contributed by atoms with Gasteiger partial charge in [0.1, 0.15) is 5.82 Å². The zero-order valence-electron chi connectivity index (χ0n) is 9.33. The lowest BCUT2D eigenvalue weighted by atomic mass is 10.2. The summed E-state index contributed by atoms with van der Waals surface area (Å²) in [6.07, 6.45) is 1.85. The van der Waals surface area contributed by atoms with Gasteiger partial charge in [0.2, 0.25) is 0 Å². The Kier molecular flexibility index (Phi) is 3.04. The van der Waals surface area contributed by atoms with E-state index in [9.17, 15) is 10.1 Å². The van der Waals surface area contributed by atoms with Crippen LogP contribution in [0.4, 0.5) is 11.5 Å². The van der Waals surface area contributed by atoms with E-state index < -0.39 is 4.92 Å². The Morgan fingerprint density at radius 1 is 1.35 bits per heavy atom. The maximum Gasteiger partial charge on any atom is 0.269 e. The first-order chi connectivity index (χ1) is 8.15. The zero-order valence-corrected chi connectivity index (χ0v) is 9.33. The van der Waals surface area contributed by atoms with Crippen molar-refractivity contribution in [3.63, 3.8) is 0 Å². The normalized spacial score (nSPS) is 10.2. The van der Waals surface area contributed by atoms with Gasteiger partial charge in [0.25, 0.3) is 5.69 Å². The molecule has 0 spiro atoms. The topological polar surface area (TPSA) is 73.0 Å². The molecule has 0 radical (unpaired) electrons. The van der Waals surface area contributed by atoms with Gasteiger partial charge in [-0.3, -0.25) is 14.8 Å². The summed E-state index contributed by atoms with van der Waals surface area (Å²) in [7, 11) is 1.84. The van der Waals surface area contributed by atoms with E-state index in [1.165, 1.54) is 12.1 Å². The standard InChI is InChI=1S/C11H12N4O2/c1-14-7-6-11(13-14)12-8-9-2-4-10(5-3-9)15(16)17/h2-7H,8H2,1H3,(H,12,13). The fourth-order valence-electron chi connectivity index (χ4n) is 1.44. The number of hydrogen-bond donors (Lipinski definition) is 1. The van der Waals surface area contributed by atoms with Crippen molar-refractivity contribution >= 4 is 11.5 Å². The van der Waals surface area contributed by atoms with Crippen LogP contribution in [0.25, 0.3) is 0 Å². The smallest absolute Gasteiger partial charge is 0.269 e. The number of rotatable bonds is 4. The molecule has 0 fully saturated rings. The van der Waals surface area contributed by atoms with E-state index >= 15 is 0 Å². The van der Waals surface area contributed by atoms with Crippen molar-refractivity contribution in [2.45, 2.75) is 6.54 Å². The van der Waals surface area contributed by atoms with Gasteiger partial charge >= 0.3 is 0 Å². The molecular formula is C11H12N4O2. The average molecular weight is 232 g/mol. The molecule has 0 amide bonds. The molecule has 6 nitrogen and oxygen atoms in total. The molecule has 0 saturated heterocycles. The van der Waals surface area contributed by atoms with E-state index in [1.807, 2.05) is 19.3 Å². The number of non-ortho nitro benzene ring substituents is 1. The van der Waals surface area contributed by atoms with Crippen LogP contribution in [-0.4, -0.2) is 14.7 Å². The van der Waals surface area contributed by atoms with Crippen LogP contribution in [0.1, 0.15) is 5.56 Å². The molecule has 1 aromatic heterocycles. The molecule has 0 aliphatic carbocycles. The number of aryl methyl sites for hydroxylation is 1. The van der Waals surface area contributed by atoms with Crippen LogP contribution in [0.5, 0.6) is 0 Å². The Morgan fingerprint density at radius 3 is 2.59 bits per heavy atom. The van der Waals surface area contributed by atoms with Crippen LogP contribution in [0.15, 0.2) is 36.5 Å².